The summed E-state index contributed by atoms with van der Waals surface area (Å²) in [5, 5.41) is 3.18. The van der Waals surface area contributed by atoms with Crippen LogP contribution in [-0.2, 0) is 17.6 Å². The van der Waals surface area contributed by atoms with Gasteiger partial charge in [-0.2, -0.15) is 0 Å². The summed E-state index contributed by atoms with van der Waals surface area (Å²) in [7, 11) is 4.68. The van der Waals surface area contributed by atoms with Crippen LogP contribution < -0.4 is 19.5 Å². The lowest BCUT2D eigenvalue weighted by atomic mass is 9.74. The highest BCUT2D eigenvalue weighted by Crippen LogP contribution is 2.42. The number of furan rings is 1. The van der Waals surface area contributed by atoms with Crippen molar-refractivity contribution in [1.29, 1.82) is 0 Å². The molecule has 152 valence electrons. The van der Waals surface area contributed by atoms with E-state index in [1.807, 2.05) is 13.0 Å². The first-order valence-corrected chi connectivity index (χ1v) is 9.43. The van der Waals surface area contributed by atoms with E-state index in [1.54, 1.807) is 33.5 Å². The van der Waals surface area contributed by atoms with E-state index in [-0.39, 0.29) is 23.8 Å². The summed E-state index contributed by atoms with van der Waals surface area (Å²) in [6.07, 6.45) is 1.98. The lowest BCUT2D eigenvalue weighted by Gasteiger charge is -2.34. The molecule has 1 aromatic carbocycles. The molecule has 0 bridgehead atoms. The Morgan fingerprint density at radius 1 is 1.14 bits per heavy atom. The number of aryl methyl sites for hydroxylation is 1. The maximum atomic E-state index is 12.8. The zero-order valence-electron chi connectivity index (χ0n) is 17.5. The summed E-state index contributed by atoms with van der Waals surface area (Å²) in [5.74, 6) is 3.40. The third-order valence-electron chi connectivity index (χ3n) is 5.16. The van der Waals surface area contributed by atoms with E-state index in [1.165, 1.54) is 0 Å². The van der Waals surface area contributed by atoms with Gasteiger partial charge in [0.1, 0.15) is 11.5 Å². The van der Waals surface area contributed by atoms with Gasteiger partial charge in [0.25, 0.3) is 0 Å². The quantitative estimate of drug-likeness (QED) is 0.812. The number of carbonyl (C=O) groups excluding carboxylic acids is 1. The van der Waals surface area contributed by atoms with Gasteiger partial charge in [0.05, 0.1) is 33.8 Å². The van der Waals surface area contributed by atoms with Gasteiger partial charge in [0.2, 0.25) is 11.7 Å². The van der Waals surface area contributed by atoms with E-state index in [0.29, 0.717) is 17.2 Å². The van der Waals surface area contributed by atoms with E-state index >= 15 is 0 Å². The van der Waals surface area contributed by atoms with Crippen LogP contribution in [0.3, 0.4) is 0 Å². The predicted octanol–water partition coefficient (Wildman–Crippen LogP) is 3.99. The average molecular weight is 387 g/mol. The standard InChI is InChI=1S/C22H29NO5/c1-13-7-15-16(11-22(2,3)12-19(15)28-13)23-20(24)10-14-8-17(25-4)21(27-6)18(9-14)26-5/h7-9,16H,10-12H2,1-6H3,(H,23,24)/t16-/m1/s1. The molecule has 3 rings (SSSR count). The van der Waals surface area contributed by atoms with Crippen LogP contribution in [0.25, 0.3) is 0 Å². The third-order valence-corrected chi connectivity index (χ3v) is 5.16. The van der Waals surface area contributed by atoms with Crippen molar-refractivity contribution in [2.75, 3.05) is 21.3 Å². The number of hydrogen-bond donors (Lipinski definition) is 1. The molecule has 0 saturated carbocycles. The van der Waals surface area contributed by atoms with Gasteiger partial charge in [-0.05, 0) is 42.5 Å². The molecule has 0 fully saturated rings. The molecule has 28 heavy (non-hydrogen) atoms. The van der Waals surface area contributed by atoms with Crippen molar-refractivity contribution in [1.82, 2.24) is 5.32 Å². The maximum Gasteiger partial charge on any atom is 0.224 e. The van der Waals surface area contributed by atoms with E-state index < -0.39 is 0 Å². The molecule has 0 radical (unpaired) electrons. The number of rotatable bonds is 6. The van der Waals surface area contributed by atoms with Gasteiger partial charge in [-0.1, -0.05) is 13.8 Å². The Balaban J connectivity index is 1.79. The molecule has 0 saturated heterocycles. The van der Waals surface area contributed by atoms with Crippen molar-refractivity contribution in [3.05, 3.63) is 40.8 Å². The Hall–Kier alpha value is -2.63. The molecule has 1 aliphatic rings. The van der Waals surface area contributed by atoms with E-state index in [0.717, 1.165) is 35.5 Å². The monoisotopic (exact) mass is 387 g/mol. The summed E-state index contributed by atoms with van der Waals surface area (Å²) >= 11 is 0. The van der Waals surface area contributed by atoms with Crippen LogP contribution >= 0.6 is 0 Å². The molecule has 6 heteroatoms. The fourth-order valence-electron chi connectivity index (χ4n) is 3.98. The van der Waals surface area contributed by atoms with Crippen LogP contribution in [0.1, 0.15) is 49.0 Å². The molecule has 1 aromatic heterocycles. The van der Waals surface area contributed by atoms with Gasteiger partial charge >= 0.3 is 0 Å². The molecule has 6 nitrogen and oxygen atoms in total. The van der Waals surface area contributed by atoms with Crippen LogP contribution in [0.15, 0.2) is 22.6 Å². The number of nitrogens with one attached hydrogen (secondary N) is 1. The SMILES string of the molecule is COc1cc(CC(=O)N[C@@H]2CC(C)(C)Cc3oc(C)cc32)cc(OC)c1OC. The van der Waals surface area contributed by atoms with Crippen LogP contribution in [0.5, 0.6) is 17.2 Å². The highest BCUT2D eigenvalue weighted by molar-refractivity contribution is 5.79. The molecule has 0 unspecified atom stereocenters. The van der Waals surface area contributed by atoms with E-state index in [2.05, 4.69) is 19.2 Å². The zero-order chi connectivity index (χ0) is 20.5. The lowest BCUT2D eigenvalue weighted by Crippen LogP contribution is -2.36. The summed E-state index contributed by atoms with van der Waals surface area (Å²) in [5.41, 5.74) is 1.96. The second-order valence-electron chi connectivity index (χ2n) is 8.11. The van der Waals surface area contributed by atoms with Gasteiger partial charge in [-0.3, -0.25) is 4.79 Å². The predicted molar refractivity (Wildman–Crippen MR) is 106 cm³/mol. The van der Waals surface area contributed by atoms with Crippen molar-refractivity contribution in [3.8, 4) is 17.2 Å². The molecule has 2 aromatic rings. The molecule has 1 amide bonds. The Kier molecular flexibility index (Phi) is 5.59. The Morgan fingerprint density at radius 2 is 1.79 bits per heavy atom. The van der Waals surface area contributed by atoms with Gasteiger partial charge in [-0.15, -0.1) is 0 Å². The normalized spacial score (nSPS) is 17.6. The molecule has 1 atom stereocenters. The smallest absolute Gasteiger partial charge is 0.224 e. The van der Waals surface area contributed by atoms with Crippen LogP contribution in [0.2, 0.25) is 0 Å². The average Bonchev–Trinajstić information content (AvgIpc) is 2.99. The Labute approximate surface area is 166 Å². The minimum absolute atomic E-state index is 0.0502. The van der Waals surface area contributed by atoms with Crippen LogP contribution in [0.4, 0.5) is 0 Å². The minimum Gasteiger partial charge on any atom is -0.493 e. The lowest BCUT2D eigenvalue weighted by molar-refractivity contribution is -0.121. The molecule has 1 aliphatic carbocycles. The summed E-state index contributed by atoms with van der Waals surface area (Å²) in [6.45, 7) is 6.35. The second-order valence-corrected chi connectivity index (χ2v) is 8.11. The van der Waals surface area contributed by atoms with Gasteiger partial charge in [-0.25, -0.2) is 0 Å². The highest BCUT2D eigenvalue weighted by atomic mass is 16.5. The zero-order valence-corrected chi connectivity index (χ0v) is 17.5. The van der Waals surface area contributed by atoms with Crippen molar-refractivity contribution in [2.45, 2.75) is 46.1 Å². The number of ether oxygens (including phenoxy) is 3. The van der Waals surface area contributed by atoms with Crippen molar-refractivity contribution >= 4 is 5.91 Å². The first kappa shape index (κ1) is 20.1. The first-order chi connectivity index (χ1) is 13.3. The van der Waals surface area contributed by atoms with Crippen molar-refractivity contribution < 1.29 is 23.4 Å². The number of hydrogen-bond acceptors (Lipinski definition) is 5. The number of carbonyl (C=O) groups is 1. The molecule has 0 spiro atoms. The first-order valence-electron chi connectivity index (χ1n) is 9.43. The molecular formula is C22H29NO5. The number of methoxy groups -OCH3 is 3. The number of fused-ring (bicyclic) bond motifs is 1. The summed E-state index contributed by atoms with van der Waals surface area (Å²) < 4.78 is 22.0. The van der Waals surface area contributed by atoms with Gasteiger partial charge in [0, 0.05) is 12.0 Å². The Bertz CT molecular complexity index is 843. The van der Waals surface area contributed by atoms with Crippen molar-refractivity contribution in [3.63, 3.8) is 0 Å². The fourth-order valence-corrected chi connectivity index (χ4v) is 3.98. The van der Waals surface area contributed by atoms with Crippen molar-refractivity contribution in [2.24, 2.45) is 5.41 Å². The fraction of sp³-hybridized carbons (Fsp3) is 0.500. The molecule has 0 aliphatic heterocycles. The maximum absolute atomic E-state index is 12.8. The number of amides is 1. The summed E-state index contributed by atoms with van der Waals surface area (Å²) in [4.78, 5) is 12.8. The molecular weight excluding hydrogens is 358 g/mol. The molecule has 1 heterocycles. The van der Waals surface area contributed by atoms with E-state index in [4.69, 9.17) is 18.6 Å². The Morgan fingerprint density at radius 3 is 2.36 bits per heavy atom. The van der Waals surface area contributed by atoms with Crippen LogP contribution in [-0.4, -0.2) is 27.2 Å². The second kappa shape index (κ2) is 7.78. The van der Waals surface area contributed by atoms with E-state index in [9.17, 15) is 4.79 Å². The summed E-state index contributed by atoms with van der Waals surface area (Å²) in [6, 6.07) is 5.60. The number of benzene rings is 1. The topological polar surface area (TPSA) is 69.9 Å². The molecule has 1 N–H and O–H groups in total. The van der Waals surface area contributed by atoms with Gasteiger partial charge in [0.15, 0.2) is 11.5 Å². The third kappa shape index (κ3) is 4.11. The highest BCUT2D eigenvalue weighted by Gasteiger charge is 2.35. The van der Waals surface area contributed by atoms with Crippen LogP contribution in [0, 0.1) is 12.3 Å². The largest absolute Gasteiger partial charge is 0.493 e. The minimum atomic E-state index is -0.0539. The van der Waals surface area contributed by atoms with Gasteiger partial charge < -0.3 is 23.9 Å².